The summed E-state index contributed by atoms with van der Waals surface area (Å²) in [5.41, 5.74) is 5.50. The largest absolute Gasteiger partial charge is 0.393 e. The molecule has 2 N–H and O–H groups in total. The third kappa shape index (κ3) is 3.21. The van der Waals surface area contributed by atoms with Crippen molar-refractivity contribution in [2.45, 2.75) is 31.9 Å². The van der Waals surface area contributed by atoms with E-state index in [4.69, 9.17) is 22.7 Å². The molecule has 0 bridgehead atoms. The molecular weight excluding hydrogens is 184 g/mol. The van der Waals surface area contributed by atoms with Crippen molar-refractivity contribution < 1.29 is 4.74 Å². The molecule has 0 saturated carbocycles. The average Bonchev–Trinajstić information content (AvgIpc) is 2.50. The molecule has 13 heavy (non-hydrogen) atoms. The summed E-state index contributed by atoms with van der Waals surface area (Å²) >= 11 is 4.88. The Balaban J connectivity index is 2.32. The van der Waals surface area contributed by atoms with E-state index in [0.29, 0.717) is 17.1 Å². The zero-order valence-electron chi connectivity index (χ0n) is 8.32. The van der Waals surface area contributed by atoms with Gasteiger partial charge in [-0.2, -0.15) is 0 Å². The molecule has 1 aliphatic heterocycles. The fraction of sp³-hybridized carbons (Fsp3) is 0.889. The fourth-order valence-electron chi connectivity index (χ4n) is 1.77. The Morgan fingerprint density at radius 1 is 1.77 bits per heavy atom. The van der Waals surface area contributed by atoms with Crippen molar-refractivity contribution in [1.29, 1.82) is 0 Å². The molecule has 1 aliphatic rings. The molecule has 0 aromatic rings. The number of nitrogens with two attached hydrogens (primary N) is 1. The van der Waals surface area contributed by atoms with Gasteiger partial charge in [-0.25, -0.2) is 0 Å². The van der Waals surface area contributed by atoms with E-state index >= 15 is 0 Å². The molecule has 1 rings (SSSR count). The monoisotopic (exact) mass is 202 g/mol. The molecular formula is C9H18N2OS. The zero-order chi connectivity index (χ0) is 9.84. The third-order valence-corrected chi connectivity index (χ3v) is 2.80. The lowest BCUT2D eigenvalue weighted by molar-refractivity contribution is 0.103. The summed E-state index contributed by atoms with van der Waals surface area (Å²) in [5.74, 6) is 0. The number of nitrogens with zero attached hydrogens (tertiary/aromatic N) is 1. The molecule has 0 aliphatic carbocycles. The first kappa shape index (κ1) is 10.9. The quantitative estimate of drug-likeness (QED) is 0.684. The summed E-state index contributed by atoms with van der Waals surface area (Å²) in [6.07, 6.45) is 2.33. The molecule has 1 saturated heterocycles. The van der Waals surface area contributed by atoms with Gasteiger partial charge in [0.05, 0.1) is 11.1 Å². The number of hydrogen-bond donors (Lipinski definition) is 1. The Morgan fingerprint density at radius 3 is 2.92 bits per heavy atom. The van der Waals surface area contributed by atoms with Crippen molar-refractivity contribution in [3.63, 3.8) is 0 Å². The second-order valence-electron chi connectivity index (χ2n) is 3.66. The second kappa shape index (κ2) is 4.88. The summed E-state index contributed by atoms with van der Waals surface area (Å²) < 4.78 is 5.29. The highest BCUT2D eigenvalue weighted by atomic mass is 32.1. The molecule has 2 unspecified atom stereocenters. The van der Waals surface area contributed by atoms with E-state index in [1.165, 1.54) is 0 Å². The smallest absolute Gasteiger partial charge is 0.0742 e. The van der Waals surface area contributed by atoms with Gasteiger partial charge in [-0.3, -0.25) is 4.90 Å². The number of hydrogen-bond acceptors (Lipinski definition) is 3. The van der Waals surface area contributed by atoms with Crippen LogP contribution in [0.4, 0.5) is 0 Å². The Kier molecular flexibility index (Phi) is 4.09. The van der Waals surface area contributed by atoms with Crippen LogP contribution in [0.15, 0.2) is 0 Å². The highest BCUT2D eigenvalue weighted by molar-refractivity contribution is 7.80. The summed E-state index contributed by atoms with van der Waals surface area (Å²) in [6.45, 7) is 4.28. The van der Waals surface area contributed by atoms with E-state index < -0.39 is 0 Å². The summed E-state index contributed by atoms with van der Waals surface area (Å²) in [7, 11) is 1.77. The number of thiocarbonyl (C=S) groups is 1. The van der Waals surface area contributed by atoms with Gasteiger partial charge in [0.25, 0.3) is 0 Å². The number of rotatable bonds is 4. The molecule has 0 radical (unpaired) electrons. The summed E-state index contributed by atoms with van der Waals surface area (Å²) in [6, 6.07) is 0.456. The van der Waals surface area contributed by atoms with Crippen LogP contribution in [0.1, 0.15) is 19.8 Å². The topological polar surface area (TPSA) is 38.5 Å². The van der Waals surface area contributed by atoms with E-state index in [0.717, 1.165) is 25.9 Å². The van der Waals surface area contributed by atoms with Crippen molar-refractivity contribution >= 4 is 17.2 Å². The van der Waals surface area contributed by atoms with Gasteiger partial charge in [-0.15, -0.1) is 0 Å². The average molecular weight is 202 g/mol. The minimum absolute atomic E-state index is 0.397. The van der Waals surface area contributed by atoms with Crippen molar-refractivity contribution in [3.8, 4) is 0 Å². The predicted molar refractivity (Wildman–Crippen MR) is 57.9 cm³/mol. The van der Waals surface area contributed by atoms with Gasteiger partial charge in [0.15, 0.2) is 0 Å². The zero-order valence-corrected chi connectivity index (χ0v) is 9.14. The third-order valence-electron chi connectivity index (χ3n) is 2.63. The van der Waals surface area contributed by atoms with E-state index in [2.05, 4.69) is 11.8 Å². The molecule has 0 aromatic carbocycles. The maximum absolute atomic E-state index is 5.50. The van der Waals surface area contributed by atoms with Crippen LogP contribution in [0.5, 0.6) is 0 Å². The van der Waals surface area contributed by atoms with E-state index in [9.17, 15) is 0 Å². The van der Waals surface area contributed by atoms with Crippen molar-refractivity contribution in [2.75, 3.05) is 20.2 Å². The van der Waals surface area contributed by atoms with Crippen LogP contribution in [0, 0.1) is 0 Å². The Labute approximate surface area is 85.2 Å². The predicted octanol–water partition coefficient (Wildman–Crippen LogP) is 0.772. The first-order valence-electron chi connectivity index (χ1n) is 4.68. The first-order chi connectivity index (χ1) is 6.13. The van der Waals surface area contributed by atoms with Crippen LogP contribution in [0.25, 0.3) is 0 Å². The molecule has 0 spiro atoms. The molecule has 1 heterocycles. The molecule has 4 heteroatoms. The minimum Gasteiger partial charge on any atom is -0.393 e. The fourth-order valence-corrected chi connectivity index (χ4v) is 2.01. The Morgan fingerprint density at radius 2 is 2.46 bits per heavy atom. The number of methoxy groups -OCH3 is 1. The second-order valence-corrected chi connectivity index (χ2v) is 4.19. The van der Waals surface area contributed by atoms with Gasteiger partial charge in [-0.1, -0.05) is 12.2 Å². The van der Waals surface area contributed by atoms with E-state index in [1.807, 2.05) is 0 Å². The van der Waals surface area contributed by atoms with Crippen LogP contribution >= 0.6 is 12.2 Å². The van der Waals surface area contributed by atoms with Crippen molar-refractivity contribution in [1.82, 2.24) is 4.90 Å². The van der Waals surface area contributed by atoms with Gasteiger partial charge in [0, 0.05) is 32.7 Å². The lowest BCUT2D eigenvalue weighted by Gasteiger charge is -2.23. The highest BCUT2D eigenvalue weighted by Gasteiger charge is 2.25. The van der Waals surface area contributed by atoms with Crippen molar-refractivity contribution in [3.05, 3.63) is 0 Å². The summed E-state index contributed by atoms with van der Waals surface area (Å²) in [4.78, 5) is 2.99. The van der Waals surface area contributed by atoms with Gasteiger partial charge < -0.3 is 10.5 Å². The summed E-state index contributed by atoms with van der Waals surface area (Å²) in [5, 5.41) is 0. The number of likely N-dealkylation sites (tertiary alicyclic amines) is 1. The van der Waals surface area contributed by atoms with E-state index in [-0.39, 0.29) is 0 Å². The van der Waals surface area contributed by atoms with Gasteiger partial charge in [0.2, 0.25) is 0 Å². The van der Waals surface area contributed by atoms with Crippen LogP contribution in [0.3, 0.4) is 0 Å². The minimum atomic E-state index is 0.397. The van der Waals surface area contributed by atoms with Crippen LogP contribution in [-0.2, 0) is 4.74 Å². The molecule has 0 amide bonds. The van der Waals surface area contributed by atoms with Gasteiger partial charge >= 0.3 is 0 Å². The van der Waals surface area contributed by atoms with Crippen LogP contribution in [0.2, 0.25) is 0 Å². The standard InChI is InChI=1S/C9H18N2OS/c1-7(5-9(10)13)11-4-3-8(6-11)12-2/h7-8H,3-6H2,1-2H3,(H2,10,13). The molecule has 2 atom stereocenters. The molecule has 1 fully saturated rings. The normalized spacial score (nSPS) is 26.2. The lowest BCUT2D eigenvalue weighted by Crippen LogP contribution is -2.34. The molecule has 3 nitrogen and oxygen atoms in total. The van der Waals surface area contributed by atoms with Gasteiger partial charge in [-0.05, 0) is 13.3 Å². The molecule has 0 aromatic heterocycles. The van der Waals surface area contributed by atoms with Crippen LogP contribution < -0.4 is 5.73 Å². The SMILES string of the molecule is COC1CCN(C(C)CC(N)=S)C1. The highest BCUT2D eigenvalue weighted by Crippen LogP contribution is 2.16. The lowest BCUT2D eigenvalue weighted by atomic mass is 10.2. The van der Waals surface area contributed by atoms with Crippen LogP contribution in [-0.4, -0.2) is 42.2 Å². The Bertz CT molecular complexity index is 186. The molecule has 76 valence electrons. The maximum atomic E-state index is 5.50. The Hall–Kier alpha value is -0.190. The van der Waals surface area contributed by atoms with Gasteiger partial charge in [0.1, 0.15) is 0 Å². The van der Waals surface area contributed by atoms with E-state index in [1.54, 1.807) is 7.11 Å². The first-order valence-corrected chi connectivity index (χ1v) is 5.09. The maximum Gasteiger partial charge on any atom is 0.0742 e. The number of ether oxygens (including phenoxy) is 1. The van der Waals surface area contributed by atoms with Crippen molar-refractivity contribution in [2.24, 2.45) is 5.73 Å².